The maximum atomic E-state index is 11.6. The van der Waals surface area contributed by atoms with Crippen LogP contribution in [0.15, 0.2) is 17.2 Å². The maximum absolute atomic E-state index is 11.6. The molecule has 17 heavy (non-hydrogen) atoms. The van der Waals surface area contributed by atoms with E-state index >= 15 is 0 Å². The molecule has 0 spiro atoms. The normalized spacial score (nSPS) is 10.5. The Labute approximate surface area is 102 Å². The van der Waals surface area contributed by atoms with Gasteiger partial charge >= 0.3 is 5.69 Å². The van der Waals surface area contributed by atoms with Gasteiger partial charge in [-0.25, -0.2) is 9.78 Å². The van der Waals surface area contributed by atoms with Gasteiger partial charge in [0.1, 0.15) is 10.7 Å². The number of nitrogens with zero attached hydrogens (tertiary/aromatic N) is 4. The highest BCUT2D eigenvalue weighted by Crippen LogP contribution is 2.17. The number of hydrogen-bond acceptors (Lipinski definition) is 6. The fraction of sp³-hybridized carbons (Fsp3) is 0.400. The molecule has 2 rings (SSSR count). The van der Waals surface area contributed by atoms with Gasteiger partial charge in [0.2, 0.25) is 0 Å². The zero-order valence-corrected chi connectivity index (χ0v) is 10.5. The van der Waals surface area contributed by atoms with Crippen molar-refractivity contribution in [2.24, 2.45) is 0 Å². The molecule has 0 radical (unpaired) electrons. The summed E-state index contributed by atoms with van der Waals surface area (Å²) in [4.78, 5) is 15.3. The molecule has 0 amide bonds. The third kappa shape index (κ3) is 2.68. The molecule has 6 nitrogen and oxygen atoms in total. The number of aromatic nitrogens is 4. The van der Waals surface area contributed by atoms with E-state index in [4.69, 9.17) is 0 Å². The molecule has 2 aromatic heterocycles. The minimum atomic E-state index is -0.272. The van der Waals surface area contributed by atoms with Gasteiger partial charge < -0.3 is 5.32 Å². The molecule has 0 aliphatic carbocycles. The summed E-state index contributed by atoms with van der Waals surface area (Å²) >= 11 is 1.30. The molecule has 0 aliphatic heterocycles. The fourth-order valence-corrected chi connectivity index (χ4v) is 2.09. The lowest BCUT2D eigenvalue weighted by molar-refractivity contribution is 0.703. The lowest BCUT2D eigenvalue weighted by Crippen LogP contribution is -2.23. The first-order chi connectivity index (χ1) is 8.20. The molecule has 0 fully saturated rings. The van der Waals surface area contributed by atoms with Gasteiger partial charge in [-0.1, -0.05) is 4.49 Å². The topological polar surface area (TPSA) is 72.7 Å². The molecular weight excluding hydrogens is 238 g/mol. The Morgan fingerprint density at radius 2 is 2.35 bits per heavy atom. The van der Waals surface area contributed by atoms with Crippen molar-refractivity contribution in [1.29, 1.82) is 0 Å². The summed E-state index contributed by atoms with van der Waals surface area (Å²) in [5.41, 5.74) is 1.44. The van der Waals surface area contributed by atoms with Gasteiger partial charge in [0.15, 0.2) is 0 Å². The highest BCUT2D eigenvalue weighted by atomic mass is 32.1. The van der Waals surface area contributed by atoms with Crippen molar-refractivity contribution in [3.05, 3.63) is 34.1 Å². The summed E-state index contributed by atoms with van der Waals surface area (Å²) in [6, 6.07) is 0. The monoisotopic (exact) mass is 251 g/mol. The number of aryl methyl sites for hydroxylation is 1. The van der Waals surface area contributed by atoms with Crippen molar-refractivity contribution in [3.63, 3.8) is 0 Å². The largest absolute Gasteiger partial charge is 0.374 e. The Kier molecular flexibility index (Phi) is 3.48. The molecule has 1 N–H and O–H groups in total. The zero-order valence-electron chi connectivity index (χ0n) is 9.67. The Balaban J connectivity index is 2.28. The Hall–Kier alpha value is -1.76. The van der Waals surface area contributed by atoms with Crippen molar-refractivity contribution < 1.29 is 0 Å². The number of hydrogen-bond donors (Lipinski definition) is 1. The van der Waals surface area contributed by atoms with Gasteiger partial charge in [0.05, 0.1) is 6.54 Å². The first-order valence-corrected chi connectivity index (χ1v) is 6.06. The molecule has 2 heterocycles. The van der Waals surface area contributed by atoms with Crippen molar-refractivity contribution in [2.75, 3.05) is 11.9 Å². The van der Waals surface area contributed by atoms with Crippen molar-refractivity contribution >= 4 is 16.5 Å². The van der Waals surface area contributed by atoms with E-state index < -0.39 is 0 Å². The maximum Gasteiger partial charge on any atom is 0.347 e. The van der Waals surface area contributed by atoms with Crippen LogP contribution in [0, 0.1) is 6.92 Å². The third-order valence-corrected chi connectivity index (χ3v) is 2.92. The summed E-state index contributed by atoms with van der Waals surface area (Å²) in [5, 5.41) is 8.09. The van der Waals surface area contributed by atoms with E-state index in [1.165, 1.54) is 16.1 Å². The van der Waals surface area contributed by atoms with Crippen LogP contribution in [0.2, 0.25) is 0 Å². The molecular formula is C10H13N5OS. The highest BCUT2D eigenvalue weighted by Gasteiger charge is 2.08. The molecule has 0 aliphatic rings. The quantitative estimate of drug-likeness (QED) is 0.873. The number of anilines is 1. The first-order valence-electron chi connectivity index (χ1n) is 5.29. The van der Waals surface area contributed by atoms with Gasteiger partial charge in [-0.2, -0.15) is 0 Å². The van der Waals surface area contributed by atoms with Crippen LogP contribution in [0.4, 0.5) is 5.00 Å². The van der Waals surface area contributed by atoms with Crippen LogP contribution in [-0.4, -0.2) is 25.7 Å². The molecule has 7 heteroatoms. The van der Waals surface area contributed by atoms with E-state index in [-0.39, 0.29) is 5.69 Å². The molecule has 90 valence electrons. The van der Waals surface area contributed by atoms with Crippen molar-refractivity contribution in [3.8, 4) is 0 Å². The predicted octanol–water partition coefficient (Wildman–Crippen LogP) is 0.883. The van der Waals surface area contributed by atoms with E-state index in [2.05, 4.69) is 19.9 Å². The van der Waals surface area contributed by atoms with E-state index in [1.54, 1.807) is 12.4 Å². The van der Waals surface area contributed by atoms with Crippen LogP contribution in [0.25, 0.3) is 0 Å². The smallest absolute Gasteiger partial charge is 0.347 e. The van der Waals surface area contributed by atoms with Gasteiger partial charge in [0, 0.05) is 30.5 Å². The van der Waals surface area contributed by atoms with Crippen LogP contribution in [0.5, 0.6) is 0 Å². The van der Waals surface area contributed by atoms with Crippen LogP contribution in [-0.2, 0) is 6.54 Å². The lowest BCUT2D eigenvalue weighted by Gasteiger charge is -2.05. The number of rotatable bonds is 4. The van der Waals surface area contributed by atoms with Crippen LogP contribution in [0.1, 0.15) is 18.2 Å². The van der Waals surface area contributed by atoms with E-state index in [0.29, 0.717) is 6.54 Å². The van der Waals surface area contributed by atoms with Gasteiger partial charge in [0.25, 0.3) is 0 Å². The average Bonchev–Trinajstić information content (AvgIpc) is 2.72. The Morgan fingerprint density at radius 3 is 3.12 bits per heavy atom. The second kappa shape index (κ2) is 5.05. The Morgan fingerprint density at radius 1 is 1.53 bits per heavy atom. The standard InChI is InChI=1S/C10H13N5OS/c1-3-11-9-8(13-14-17-9)6-15-5-7(2)4-12-10(15)16/h4-5,11H,3,6H2,1-2H3. The molecule has 0 atom stereocenters. The SMILES string of the molecule is CCNc1snnc1Cn1cc(C)cnc1=O. The second-order valence-electron chi connectivity index (χ2n) is 3.62. The minimum Gasteiger partial charge on any atom is -0.374 e. The summed E-state index contributed by atoms with van der Waals surface area (Å²) in [6.45, 7) is 5.10. The summed E-state index contributed by atoms with van der Waals surface area (Å²) < 4.78 is 5.42. The van der Waals surface area contributed by atoms with Crippen molar-refractivity contribution in [1.82, 2.24) is 19.1 Å². The van der Waals surface area contributed by atoms with E-state index in [9.17, 15) is 4.79 Å². The van der Waals surface area contributed by atoms with Crippen LogP contribution in [0.3, 0.4) is 0 Å². The third-order valence-electron chi connectivity index (χ3n) is 2.20. The molecule has 2 aromatic rings. The first kappa shape index (κ1) is 11.7. The summed E-state index contributed by atoms with van der Waals surface area (Å²) in [7, 11) is 0. The second-order valence-corrected chi connectivity index (χ2v) is 4.37. The molecule has 0 saturated heterocycles. The van der Waals surface area contributed by atoms with Gasteiger partial charge in [-0.15, -0.1) is 5.10 Å². The van der Waals surface area contributed by atoms with E-state index in [0.717, 1.165) is 22.8 Å². The Bertz CT molecular complexity index is 562. The number of nitrogens with one attached hydrogen (secondary N) is 1. The lowest BCUT2D eigenvalue weighted by atomic mass is 10.4. The molecule has 0 unspecified atom stereocenters. The molecule has 0 saturated carbocycles. The summed E-state index contributed by atoms with van der Waals surface area (Å²) in [5.74, 6) is 0. The fourth-order valence-electron chi connectivity index (χ4n) is 1.45. The van der Waals surface area contributed by atoms with Crippen LogP contribution >= 0.6 is 11.5 Å². The van der Waals surface area contributed by atoms with Gasteiger partial charge in [-0.05, 0) is 19.4 Å². The zero-order chi connectivity index (χ0) is 12.3. The van der Waals surface area contributed by atoms with Gasteiger partial charge in [-0.3, -0.25) is 4.57 Å². The molecule has 0 aromatic carbocycles. The predicted molar refractivity (Wildman–Crippen MR) is 66.4 cm³/mol. The minimum absolute atomic E-state index is 0.272. The molecule has 0 bridgehead atoms. The summed E-state index contributed by atoms with van der Waals surface area (Å²) in [6.07, 6.45) is 3.33. The average molecular weight is 251 g/mol. The van der Waals surface area contributed by atoms with Crippen molar-refractivity contribution in [2.45, 2.75) is 20.4 Å². The van der Waals surface area contributed by atoms with Crippen LogP contribution < -0.4 is 11.0 Å². The van der Waals surface area contributed by atoms with E-state index in [1.807, 2.05) is 13.8 Å². The highest BCUT2D eigenvalue weighted by molar-refractivity contribution is 7.10.